The molecule has 94 valence electrons. The average Bonchev–Trinajstić information content (AvgIpc) is 2.45. The van der Waals surface area contributed by atoms with Gasteiger partial charge in [-0.15, -0.1) is 0 Å². The van der Waals surface area contributed by atoms with Crippen LogP contribution in [0.25, 0.3) is 0 Å². The van der Waals surface area contributed by atoms with Gasteiger partial charge in [-0.2, -0.15) is 0 Å². The molecule has 0 bridgehead atoms. The number of rotatable bonds is 5. The van der Waals surface area contributed by atoms with Crippen molar-refractivity contribution in [1.82, 2.24) is 0 Å². The van der Waals surface area contributed by atoms with Gasteiger partial charge >= 0.3 is 136 Å². The average molecular weight is 506 g/mol. The van der Waals surface area contributed by atoms with E-state index in [9.17, 15) is 0 Å². The monoisotopic (exact) mass is 510 g/mol. The summed E-state index contributed by atoms with van der Waals surface area (Å²) in [4.78, 5) is 0. The summed E-state index contributed by atoms with van der Waals surface area (Å²) in [6, 6.07) is 17.2. The van der Waals surface area contributed by atoms with Gasteiger partial charge in [0, 0.05) is 0 Å². The molecule has 2 aromatic rings. The zero-order valence-electron chi connectivity index (χ0n) is 9.61. The van der Waals surface area contributed by atoms with Crippen LogP contribution in [0.5, 0.6) is 0 Å². The van der Waals surface area contributed by atoms with Crippen LogP contribution >= 0.6 is 23.2 Å². The van der Waals surface area contributed by atoms with Gasteiger partial charge in [-0.1, -0.05) is 0 Å². The number of hydrogen-bond donors (Lipinski definition) is 0. The van der Waals surface area contributed by atoms with Crippen molar-refractivity contribution in [3.63, 3.8) is 0 Å². The summed E-state index contributed by atoms with van der Waals surface area (Å²) in [6.45, 7) is 0. The van der Waals surface area contributed by atoms with Gasteiger partial charge in [0.25, 0.3) is 0 Å². The first-order chi connectivity index (χ1) is 8.85. The number of benzene rings is 2. The normalized spacial score (nSPS) is 10.6. The van der Waals surface area contributed by atoms with Crippen molar-refractivity contribution in [1.29, 1.82) is 0 Å². The van der Waals surface area contributed by atoms with Gasteiger partial charge in [-0.25, -0.2) is 0 Å². The van der Waals surface area contributed by atoms with E-state index >= 15 is 0 Å². The third-order valence-electron chi connectivity index (χ3n) is 2.45. The second kappa shape index (κ2) is 8.01. The molecule has 0 amide bonds. The molecule has 0 spiro atoms. The molecule has 0 nitrogen and oxygen atoms in total. The molecular formula is C14H12Cl2Te2. The summed E-state index contributed by atoms with van der Waals surface area (Å²) in [5.41, 5.74) is 2.63. The van der Waals surface area contributed by atoms with Gasteiger partial charge in [0.1, 0.15) is 0 Å². The Hall–Kier alpha value is 0.599. The van der Waals surface area contributed by atoms with Crippen LogP contribution in [0.4, 0.5) is 0 Å². The van der Waals surface area contributed by atoms with E-state index in [-0.39, 0.29) is 34.1 Å². The minimum absolute atomic E-state index is 0.108. The van der Waals surface area contributed by atoms with Gasteiger partial charge in [0.2, 0.25) is 0 Å². The van der Waals surface area contributed by atoms with E-state index in [0.717, 1.165) is 0 Å². The van der Waals surface area contributed by atoms with E-state index in [1.54, 1.807) is 0 Å². The first-order valence-corrected chi connectivity index (χ1v) is 16.2. The molecule has 2 rings (SSSR count). The van der Waals surface area contributed by atoms with Gasteiger partial charge in [0.15, 0.2) is 0 Å². The predicted octanol–water partition coefficient (Wildman–Crippen LogP) is 2.44. The number of alkyl halides is 2. The summed E-state index contributed by atoms with van der Waals surface area (Å²) in [7, 11) is 0. The Morgan fingerprint density at radius 1 is 0.667 bits per heavy atom. The predicted molar refractivity (Wildman–Crippen MR) is 82.8 cm³/mol. The number of halogens is 2. The third kappa shape index (κ3) is 4.05. The van der Waals surface area contributed by atoms with Crippen molar-refractivity contribution >= 4 is 64.5 Å². The Morgan fingerprint density at radius 2 is 1.06 bits per heavy atom. The molecule has 0 fully saturated rings. The molecule has 0 heterocycles. The summed E-state index contributed by atoms with van der Waals surface area (Å²) >= 11 is 11.8. The van der Waals surface area contributed by atoms with Crippen molar-refractivity contribution in [2.45, 2.75) is 11.8 Å². The SMILES string of the molecule is ClCc1ccccc1[Te][Te]c1ccccc1CCl. The molecule has 0 atom stereocenters. The molecular weight excluding hydrogens is 494 g/mol. The van der Waals surface area contributed by atoms with Crippen LogP contribution in [0, 0.1) is 0 Å². The van der Waals surface area contributed by atoms with Crippen molar-refractivity contribution in [2.24, 2.45) is 0 Å². The fourth-order valence-electron chi connectivity index (χ4n) is 1.48. The molecule has 0 saturated carbocycles. The quantitative estimate of drug-likeness (QED) is 0.432. The number of hydrogen-bond acceptors (Lipinski definition) is 0. The van der Waals surface area contributed by atoms with E-state index in [2.05, 4.69) is 48.5 Å². The van der Waals surface area contributed by atoms with E-state index in [0.29, 0.717) is 11.8 Å². The molecule has 0 aliphatic carbocycles. The second-order valence-electron chi connectivity index (χ2n) is 3.65. The molecule has 0 unspecified atom stereocenters. The van der Waals surface area contributed by atoms with E-state index in [1.807, 2.05) is 0 Å². The molecule has 4 heteroatoms. The maximum atomic E-state index is 5.99. The Morgan fingerprint density at radius 3 is 1.44 bits per heavy atom. The van der Waals surface area contributed by atoms with Crippen LogP contribution < -0.4 is 7.22 Å². The van der Waals surface area contributed by atoms with Gasteiger partial charge in [0.05, 0.1) is 0 Å². The molecule has 0 aliphatic heterocycles. The standard InChI is InChI=1S/C14H12Cl2Te2/c15-9-11-5-1-3-7-13(11)17-18-14-8-4-2-6-12(14)10-16/h1-8H,9-10H2. The van der Waals surface area contributed by atoms with Crippen LogP contribution in [-0.2, 0) is 11.8 Å². The first-order valence-electron chi connectivity index (χ1n) is 5.47. The molecule has 2 aromatic carbocycles. The minimum atomic E-state index is -0.108. The van der Waals surface area contributed by atoms with Crippen LogP contribution in [0.15, 0.2) is 48.5 Å². The van der Waals surface area contributed by atoms with Gasteiger partial charge in [-0.05, 0) is 0 Å². The fourth-order valence-corrected chi connectivity index (χ4v) is 14.8. The van der Waals surface area contributed by atoms with Crippen molar-refractivity contribution in [3.8, 4) is 0 Å². The summed E-state index contributed by atoms with van der Waals surface area (Å²) in [5, 5.41) is 0. The Bertz CT molecular complexity index is 467. The van der Waals surface area contributed by atoms with Crippen molar-refractivity contribution in [2.75, 3.05) is 0 Å². The Labute approximate surface area is 134 Å². The third-order valence-corrected chi connectivity index (χ3v) is 15.0. The summed E-state index contributed by atoms with van der Waals surface area (Å²) in [5.74, 6) is 1.26. The molecule has 0 N–H and O–H groups in total. The Balaban J connectivity index is 2.11. The van der Waals surface area contributed by atoms with Crippen molar-refractivity contribution < 1.29 is 0 Å². The topological polar surface area (TPSA) is 0 Å². The maximum absolute atomic E-state index is 5.99. The van der Waals surface area contributed by atoms with Gasteiger partial charge in [-0.3, -0.25) is 0 Å². The van der Waals surface area contributed by atoms with Crippen LogP contribution in [0.3, 0.4) is 0 Å². The van der Waals surface area contributed by atoms with Crippen LogP contribution in [-0.4, -0.2) is 34.1 Å². The van der Waals surface area contributed by atoms with E-state index in [4.69, 9.17) is 23.2 Å². The Kier molecular flexibility index (Phi) is 6.68. The molecule has 0 radical (unpaired) electrons. The first kappa shape index (κ1) is 15.0. The molecule has 0 aromatic heterocycles. The molecule has 0 saturated heterocycles. The van der Waals surface area contributed by atoms with Crippen LogP contribution in [0.2, 0.25) is 0 Å². The zero-order valence-corrected chi connectivity index (χ0v) is 15.8. The van der Waals surface area contributed by atoms with Gasteiger partial charge < -0.3 is 0 Å². The van der Waals surface area contributed by atoms with E-state index in [1.165, 1.54) is 18.3 Å². The molecule has 0 aliphatic rings. The molecule has 18 heavy (non-hydrogen) atoms. The summed E-state index contributed by atoms with van der Waals surface area (Å²) in [6.07, 6.45) is 0. The fraction of sp³-hybridized carbons (Fsp3) is 0.143. The summed E-state index contributed by atoms with van der Waals surface area (Å²) < 4.78 is 3.04. The second-order valence-corrected chi connectivity index (χ2v) is 14.0. The van der Waals surface area contributed by atoms with E-state index < -0.39 is 0 Å². The van der Waals surface area contributed by atoms with Crippen LogP contribution in [0.1, 0.15) is 11.1 Å². The van der Waals surface area contributed by atoms with Crippen molar-refractivity contribution in [3.05, 3.63) is 59.7 Å². The zero-order chi connectivity index (χ0) is 12.8.